The molecule has 0 amide bonds. The third kappa shape index (κ3) is 5.90. The number of hydrogen-bond acceptors (Lipinski definition) is 2. The first-order valence-electron chi connectivity index (χ1n) is 7.58. The molecule has 2 nitrogen and oxygen atoms in total. The largest absolute Gasteiger partial charge is 0.418 e. The maximum atomic E-state index is 12.9. The van der Waals surface area contributed by atoms with Crippen LogP contribution in [0.3, 0.4) is 0 Å². The van der Waals surface area contributed by atoms with Crippen LogP contribution >= 0.6 is 27.5 Å². The van der Waals surface area contributed by atoms with E-state index in [0.717, 1.165) is 10.0 Å². The van der Waals surface area contributed by atoms with E-state index in [1.165, 1.54) is 13.0 Å². The van der Waals surface area contributed by atoms with Gasteiger partial charge in [0.1, 0.15) is 0 Å². The SMILES string of the molecule is C/C(=C(/C=C/c1ccc(Cl)cc1)Nc1cccc(Br)c1)C(O)C(F)(F)F. The molecule has 2 rings (SSSR count). The molecule has 2 N–H and O–H groups in total. The van der Waals surface area contributed by atoms with Crippen LogP contribution in [0, 0.1) is 0 Å². The van der Waals surface area contributed by atoms with Gasteiger partial charge in [0, 0.05) is 20.9 Å². The van der Waals surface area contributed by atoms with Gasteiger partial charge in [0.25, 0.3) is 0 Å². The zero-order chi connectivity index (χ0) is 19.3. The summed E-state index contributed by atoms with van der Waals surface area (Å²) in [7, 11) is 0. The number of nitrogens with one attached hydrogen (secondary N) is 1. The number of aliphatic hydroxyl groups excluding tert-OH is 1. The molecule has 2 aromatic rings. The Labute approximate surface area is 163 Å². The standard InChI is InChI=1S/C19H16BrClF3NO/c1-12(18(26)19(22,23)24)17(25-16-4-2-3-14(20)11-16)10-7-13-5-8-15(21)9-6-13/h2-11,18,25-26H,1H3/b10-7+,17-12+. The molecule has 0 aromatic heterocycles. The molecule has 1 atom stereocenters. The lowest BCUT2D eigenvalue weighted by Crippen LogP contribution is -2.30. The zero-order valence-electron chi connectivity index (χ0n) is 13.7. The summed E-state index contributed by atoms with van der Waals surface area (Å²) in [5.41, 5.74) is 1.27. The molecule has 0 saturated carbocycles. The van der Waals surface area contributed by atoms with E-state index in [1.54, 1.807) is 54.6 Å². The number of benzene rings is 2. The predicted octanol–water partition coefficient (Wildman–Crippen LogP) is 6.43. The van der Waals surface area contributed by atoms with Crippen molar-refractivity contribution in [3.05, 3.63) is 80.9 Å². The van der Waals surface area contributed by atoms with E-state index in [2.05, 4.69) is 21.2 Å². The third-order valence-corrected chi connectivity index (χ3v) is 4.31. The fourth-order valence-electron chi connectivity index (χ4n) is 2.14. The maximum Gasteiger partial charge on any atom is 0.418 e. The third-order valence-electron chi connectivity index (χ3n) is 3.56. The Morgan fingerprint density at radius 1 is 1.19 bits per heavy atom. The zero-order valence-corrected chi connectivity index (χ0v) is 16.0. The number of halogens is 5. The van der Waals surface area contributed by atoms with Crippen LogP contribution in [0.2, 0.25) is 5.02 Å². The van der Waals surface area contributed by atoms with Crippen LogP contribution < -0.4 is 5.32 Å². The monoisotopic (exact) mass is 445 g/mol. The Morgan fingerprint density at radius 3 is 2.42 bits per heavy atom. The lowest BCUT2D eigenvalue weighted by Gasteiger charge is -2.19. The summed E-state index contributed by atoms with van der Waals surface area (Å²) in [6, 6.07) is 13.8. The van der Waals surface area contributed by atoms with Gasteiger partial charge in [0.05, 0.1) is 0 Å². The molecule has 0 fully saturated rings. The maximum absolute atomic E-state index is 12.9. The van der Waals surface area contributed by atoms with Gasteiger partial charge in [-0.2, -0.15) is 13.2 Å². The van der Waals surface area contributed by atoms with Crippen molar-refractivity contribution in [3.63, 3.8) is 0 Å². The summed E-state index contributed by atoms with van der Waals surface area (Å²) in [5, 5.41) is 13.1. The van der Waals surface area contributed by atoms with Crippen molar-refractivity contribution in [2.45, 2.75) is 19.2 Å². The van der Waals surface area contributed by atoms with Crippen LogP contribution in [0.25, 0.3) is 6.08 Å². The van der Waals surface area contributed by atoms with Gasteiger partial charge in [0.2, 0.25) is 0 Å². The molecule has 0 spiro atoms. The molecule has 0 bridgehead atoms. The summed E-state index contributed by atoms with van der Waals surface area (Å²) >= 11 is 9.15. The van der Waals surface area contributed by atoms with Gasteiger partial charge in [-0.05, 0) is 54.5 Å². The van der Waals surface area contributed by atoms with E-state index < -0.39 is 12.3 Å². The number of allylic oxidation sites excluding steroid dienone is 1. The van der Waals surface area contributed by atoms with Gasteiger partial charge in [-0.25, -0.2) is 0 Å². The summed E-state index contributed by atoms with van der Waals surface area (Å²) in [6.45, 7) is 1.24. The van der Waals surface area contributed by atoms with Crippen LogP contribution in [-0.2, 0) is 0 Å². The van der Waals surface area contributed by atoms with Crippen molar-refractivity contribution in [1.82, 2.24) is 0 Å². The van der Waals surface area contributed by atoms with Gasteiger partial charge in [0.15, 0.2) is 6.10 Å². The Hall–Kier alpha value is -1.76. The van der Waals surface area contributed by atoms with Crippen molar-refractivity contribution in [1.29, 1.82) is 0 Å². The van der Waals surface area contributed by atoms with Crippen molar-refractivity contribution < 1.29 is 18.3 Å². The second-order valence-electron chi connectivity index (χ2n) is 5.56. The molecule has 7 heteroatoms. The summed E-state index contributed by atoms with van der Waals surface area (Å²) in [5.74, 6) is 0. The first-order chi connectivity index (χ1) is 12.2. The van der Waals surface area contributed by atoms with E-state index in [0.29, 0.717) is 10.7 Å². The summed E-state index contributed by atoms with van der Waals surface area (Å²) in [6.07, 6.45) is -4.17. The quantitative estimate of drug-likeness (QED) is 0.519. The first kappa shape index (κ1) is 20.6. The minimum Gasteiger partial charge on any atom is -0.379 e. The molecule has 0 aliphatic carbocycles. The Kier molecular flexibility index (Phi) is 6.92. The van der Waals surface area contributed by atoms with Gasteiger partial charge < -0.3 is 10.4 Å². The van der Waals surface area contributed by atoms with Crippen molar-refractivity contribution in [2.24, 2.45) is 0 Å². The van der Waals surface area contributed by atoms with Crippen LogP contribution in [0.1, 0.15) is 12.5 Å². The number of alkyl halides is 3. The predicted molar refractivity (Wildman–Crippen MR) is 103 cm³/mol. The number of hydrogen-bond donors (Lipinski definition) is 2. The van der Waals surface area contributed by atoms with Crippen molar-refractivity contribution in [2.75, 3.05) is 5.32 Å². The molecule has 26 heavy (non-hydrogen) atoms. The molecule has 0 aliphatic heterocycles. The van der Waals surface area contributed by atoms with E-state index in [9.17, 15) is 18.3 Å². The normalized spacial score (nSPS) is 14.3. The average Bonchev–Trinajstić information content (AvgIpc) is 2.58. The highest BCUT2D eigenvalue weighted by Gasteiger charge is 2.40. The molecule has 138 valence electrons. The van der Waals surface area contributed by atoms with E-state index in [4.69, 9.17) is 11.6 Å². The molecule has 0 heterocycles. The average molecular weight is 447 g/mol. The van der Waals surface area contributed by atoms with Crippen molar-refractivity contribution in [3.8, 4) is 0 Å². The first-order valence-corrected chi connectivity index (χ1v) is 8.75. The highest BCUT2D eigenvalue weighted by Crippen LogP contribution is 2.28. The Balaban J connectivity index is 2.39. The minimum atomic E-state index is -4.75. The second-order valence-corrected chi connectivity index (χ2v) is 6.91. The highest BCUT2D eigenvalue weighted by atomic mass is 79.9. The lowest BCUT2D eigenvalue weighted by atomic mass is 10.1. The minimum absolute atomic E-state index is 0.155. The molecule has 2 aromatic carbocycles. The number of anilines is 1. The molecular formula is C19H16BrClF3NO. The molecule has 0 saturated heterocycles. The number of aliphatic hydroxyl groups is 1. The molecule has 1 unspecified atom stereocenters. The van der Waals surface area contributed by atoms with Gasteiger partial charge in [-0.15, -0.1) is 0 Å². The van der Waals surface area contributed by atoms with Crippen LogP contribution in [0.5, 0.6) is 0 Å². The van der Waals surface area contributed by atoms with Crippen LogP contribution in [0.15, 0.2) is 70.3 Å². The van der Waals surface area contributed by atoms with Crippen molar-refractivity contribution >= 4 is 39.3 Å². The number of rotatable bonds is 5. The highest BCUT2D eigenvalue weighted by molar-refractivity contribution is 9.10. The molecule has 0 radical (unpaired) electrons. The topological polar surface area (TPSA) is 32.3 Å². The van der Waals surface area contributed by atoms with Gasteiger partial charge >= 0.3 is 6.18 Å². The smallest absolute Gasteiger partial charge is 0.379 e. The van der Waals surface area contributed by atoms with E-state index in [1.807, 2.05) is 0 Å². The van der Waals surface area contributed by atoms with Crippen LogP contribution in [-0.4, -0.2) is 17.4 Å². The Bertz CT molecular complexity index is 816. The summed E-state index contributed by atoms with van der Waals surface area (Å²) < 4.78 is 39.5. The molecular weight excluding hydrogens is 431 g/mol. The lowest BCUT2D eigenvalue weighted by molar-refractivity contribution is -0.191. The van der Waals surface area contributed by atoms with Gasteiger partial charge in [-0.3, -0.25) is 0 Å². The fourth-order valence-corrected chi connectivity index (χ4v) is 2.66. The summed E-state index contributed by atoms with van der Waals surface area (Å²) in [4.78, 5) is 0. The Morgan fingerprint density at radius 2 is 1.85 bits per heavy atom. The van der Waals surface area contributed by atoms with Gasteiger partial charge in [-0.1, -0.05) is 51.8 Å². The van der Waals surface area contributed by atoms with E-state index >= 15 is 0 Å². The van der Waals surface area contributed by atoms with E-state index in [-0.39, 0.29) is 11.3 Å². The second kappa shape index (κ2) is 8.75. The fraction of sp³-hybridized carbons (Fsp3) is 0.158. The molecule has 0 aliphatic rings. The van der Waals surface area contributed by atoms with Crippen LogP contribution in [0.4, 0.5) is 18.9 Å².